The lowest BCUT2D eigenvalue weighted by molar-refractivity contribution is -0.142. The summed E-state index contributed by atoms with van der Waals surface area (Å²) in [7, 11) is -1.86. The van der Waals surface area contributed by atoms with Gasteiger partial charge in [-0.1, -0.05) is 57.2 Å². The Labute approximate surface area is 159 Å². The van der Waals surface area contributed by atoms with Gasteiger partial charge >= 0.3 is 5.97 Å². The van der Waals surface area contributed by atoms with E-state index in [0.29, 0.717) is 19.6 Å². The Morgan fingerprint density at radius 1 is 1.35 bits per heavy atom. The first-order valence-corrected chi connectivity index (χ1v) is 12.3. The molecule has 0 saturated carbocycles. The van der Waals surface area contributed by atoms with Gasteiger partial charge in [0, 0.05) is 25.1 Å². The van der Waals surface area contributed by atoms with Crippen molar-refractivity contribution in [1.82, 2.24) is 4.90 Å². The molecule has 3 atom stereocenters. The summed E-state index contributed by atoms with van der Waals surface area (Å²) in [6.07, 6.45) is 2.50. The zero-order chi connectivity index (χ0) is 19.5. The fraction of sp³-hybridized carbons (Fsp3) is 0.571. The Morgan fingerprint density at radius 2 is 1.96 bits per heavy atom. The van der Waals surface area contributed by atoms with E-state index in [1.54, 1.807) is 0 Å². The molecule has 1 aliphatic rings. The summed E-state index contributed by atoms with van der Waals surface area (Å²) in [6, 6.07) is 9.55. The molecular weight excluding hydrogens is 342 g/mol. The second-order valence-corrected chi connectivity index (χ2v) is 13.6. The van der Waals surface area contributed by atoms with Crippen molar-refractivity contribution in [1.29, 1.82) is 0 Å². The fourth-order valence-corrected chi connectivity index (χ4v) is 4.38. The van der Waals surface area contributed by atoms with E-state index in [9.17, 15) is 9.90 Å². The lowest BCUT2D eigenvalue weighted by atomic mass is 10.00. The lowest BCUT2D eigenvalue weighted by Gasteiger charge is -2.37. The van der Waals surface area contributed by atoms with E-state index in [1.807, 2.05) is 36.4 Å². The van der Waals surface area contributed by atoms with Crippen molar-refractivity contribution in [3.05, 3.63) is 48.6 Å². The topological polar surface area (TPSA) is 49.8 Å². The third kappa shape index (κ3) is 4.64. The van der Waals surface area contributed by atoms with Crippen LogP contribution in [0.2, 0.25) is 18.1 Å². The standard InChI is InChI=1S/C21H33NO3Si/c1-7-18-17(15-25-26(5,6)21(2,3)4)13-19(20(23)24)22(18)14-16-11-9-8-10-12-16/h7-12,17-19H,1,13-15H2,2-6H3,(H,23,24)/t17-,18-,19+/m0/s1. The van der Waals surface area contributed by atoms with Crippen molar-refractivity contribution in [2.24, 2.45) is 5.92 Å². The molecule has 1 saturated heterocycles. The smallest absolute Gasteiger partial charge is 0.320 e. The molecule has 0 aromatic heterocycles. The Bertz CT molecular complexity index is 624. The maximum atomic E-state index is 11.9. The zero-order valence-corrected chi connectivity index (χ0v) is 17.7. The van der Waals surface area contributed by atoms with E-state index in [-0.39, 0.29) is 17.0 Å². The van der Waals surface area contributed by atoms with Gasteiger partial charge in [-0.25, -0.2) is 0 Å². The lowest BCUT2D eigenvalue weighted by Crippen LogP contribution is -2.43. The Morgan fingerprint density at radius 3 is 2.46 bits per heavy atom. The number of hydrogen-bond donors (Lipinski definition) is 1. The van der Waals surface area contributed by atoms with E-state index in [1.165, 1.54) is 0 Å². The van der Waals surface area contributed by atoms with E-state index >= 15 is 0 Å². The number of likely N-dealkylation sites (tertiary alicyclic amines) is 1. The maximum absolute atomic E-state index is 11.9. The quantitative estimate of drug-likeness (QED) is 0.561. The summed E-state index contributed by atoms with van der Waals surface area (Å²) in [5, 5.41) is 9.89. The van der Waals surface area contributed by atoms with Gasteiger partial charge < -0.3 is 9.53 Å². The van der Waals surface area contributed by atoms with Gasteiger partial charge in [0.25, 0.3) is 0 Å². The average Bonchev–Trinajstić information content (AvgIpc) is 2.90. The monoisotopic (exact) mass is 375 g/mol. The van der Waals surface area contributed by atoms with Crippen LogP contribution < -0.4 is 0 Å². The first-order valence-electron chi connectivity index (χ1n) is 9.36. The molecule has 0 unspecified atom stereocenters. The van der Waals surface area contributed by atoms with Crippen LogP contribution in [0.25, 0.3) is 0 Å². The average molecular weight is 376 g/mol. The molecule has 1 aromatic rings. The highest BCUT2D eigenvalue weighted by molar-refractivity contribution is 6.74. The molecule has 1 aliphatic heterocycles. The largest absolute Gasteiger partial charge is 0.480 e. The van der Waals surface area contributed by atoms with E-state index < -0.39 is 20.3 Å². The van der Waals surface area contributed by atoms with Crippen LogP contribution in [0.5, 0.6) is 0 Å². The first kappa shape index (κ1) is 20.9. The summed E-state index contributed by atoms with van der Waals surface area (Å²) in [5.41, 5.74) is 1.12. The van der Waals surface area contributed by atoms with E-state index in [2.05, 4.69) is 45.3 Å². The summed E-state index contributed by atoms with van der Waals surface area (Å²) < 4.78 is 6.41. The van der Waals surface area contributed by atoms with E-state index in [4.69, 9.17) is 4.43 Å². The molecule has 1 aromatic carbocycles. The molecule has 0 radical (unpaired) electrons. The van der Waals surface area contributed by atoms with Crippen molar-refractivity contribution < 1.29 is 14.3 Å². The normalized spacial score (nSPS) is 24.6. The highest BCUT2D eigenvalue weighted by atomic mass is 28.4. The van der Waals surface area contributed by atoms with Gasteiger partial charge in [-0.15, -0.1) is 6.58 Å². The highest BCUT2D eigenvalue weighted by Crippen LogP contribution is 2.39. The molecule has 144 valence electrons. The molecule has 5 heteroatoms. The predicted octanol–water partition coefficient (Wildman–Crippen LogP) is 4.54. The van der Waals surface area contributed by atoms with Gasteiger partial charge in [0.2, 0.25) is 0 Å². The van der Waals surface area contributed by atoms with Crippen molar-refractivity contribution >= 4 is 14.3 Å². The first-order chi connectivity index (χ1) is 12.1. The Hall–Kier alpha value is -1.43. The molecule has 0 bridgehead atoms. The van der Waals surface area contributed by atoms with Crippen molar-refractivity contribution in [2.75, 3.05) is 6.61 Å². The molecule has 1 N–H and O–H groups in total. The van der Waals surface area contributed by atoms with Gasteiger partial charge in [0.1, 0.15) is 6.04 Å². The van der Waals surface area contributed by atoms with Crippen LogP contribution >= 0.6 is 0 Å². The summed E-state index contributed by atoms with van der Waals surface area (Å²) in [6.45, 7) is 16.4. The zero-order valence-electron chi connectivity index (χ0n) is 16.7. The number of carboxylic acids is 1. The number of carboxylic acid groups (broad SMARTS) is 1. The van der Waals surface area contributed by atoms with Crippen LogP contribution in [0.3, 0.4) is 0 Å². The minimum absolute atomic E-state index is 0.0149. The number of hydrogen-bond acceptors (Lipinski definition) is 3. The van der Waals surface area contributed by atoms with E-state index in [0.717, 1.165) is 5.56 Å². The number of aliphatic carboxylic acids is 1. The molecular formula is C21H33NO3Si. The minimum Gasteiger partial charge on any atom is -0.480 e. The molecule has 0 spiro atoms. The number of benzene rings is 1. The maximum Gasteiger partial charge on any atom is 0.320 e. The highest BCUT2D eigenvalue weighted by Gasteiger charge is 2.45. The van der Waals surface area contributed by atoms with Crippen LogP contribution in [0.1, 0.15) is 32.8 Å². The molecule has 1 heterocycles. The third-order valence-electron chi connectivity index (χ3n) is 5.99. The summed E-state index contributed by atoms with van der Waals surface area (Å²) in [5.74, 6) is -0.603. The molecule has 0 amide bonds. The van der Waals surface area contributed by atoms with Crippen LogP contribution in [-0.4, -0.2) is 43.0 Å². The van der Waals surface area contributed by atoms with Gasteiger partial charge in [0.05, 0.1) is 0 Å². The van der Waals surface area contributed by atoms with Crippen LogP contribution in [0, 0.1) is 5.92 Å². The van der Waals surface area contributed by atoms with Crippen molar-refractivity contribution in [2.45, 2.75) is 64.0 Å². The number of carbonyl (C=O) groups is 1. The van der Waals surface area contributed by atoms with Gasteiger partial charge in [-0.05, 0) is 30.1 Å². The van der Waals surface area contributed by atoms with Gasteiger partial charge in [-0.3, -0.25) is 9.69 Å². The van der Waals surface area contributed by atoms with Crippen LogP contribution in [-0.2, 0) is 15.8 Å². The SMILES string of the molecule is C=C[C@H]1[C@H](CO[Si](C)(C)C(C)(C)C)C[C@H](C(=O)O)N1Cc1ccccc1. The van der Waals surface area contributed by atoms with Crippen LogP contribution in [0.4, 0.5) is 0 Å². The number of rotatable bonds is 7. The summed E-state index contributed by atoms with van der Waals surface area (Å²) >= 11 is 0. The Balaban J connectivity index is 2.16. The van der Waals surface area contributed by atoms with Crippen molar-refractivity contribution in [3.8, 4) is 0 Å². The minimum atomic E-state index is -1.86. The second kappa shape index (κ2) is 8.07. The van der Waals surface area contributed by atoms with Crippen molar-refractivity contribution in [3.63, 3.8) is 0 Å². The van der Waals surface area contributed by atoms with Gasteiger partial charge in [-0.2, -0.15) is 0 Å². The third-order valence-corrected chi connectivity index (χ3v) is 10.5. The second-order valence-electron chi connectivity index (χ2n) is 8.81. The van der Waals surface area contributed by atoms with Gasteiger partial charge in [0.15, 0.2) is 8.32 Å². The molecule has 2 rings (SSSR count). The number of nitrogens with zero attached hydrogens (tertiary/aromatic N) is 1. The van der Waals surface area contributed by atoms with Crippen LogP contribution in [0.15, 0.2) is 43.0 Å². The molecule has 1 fully saturated rings. The summed E-state index contributed by atoms with van der Waals surface area (Å²) in [4.78, 5) is 13.9. The molecule has 0 aliphatic carbocycles. The molecule has 4 nitrogen and oxygen atoms in total. The predicted molar refractivity (Wildman–Crippen MR) is 109 cm³/mol. The molecule has 26 heavy (non-hydrogen) atoms. The fourth-order valence-electron chi connectivity index (χ4n) is 3.32. The Kier molecular flexibility index (Phi) is 6.48.